The van der Waals surface area contributed by atoms with Crippen molar-refractivity contribution in [2.45, 2.75) is 183 Å². The highest BCUT2D eigenvalue weighted by Gasteiger charge is 2.36. The van der Waals surface area contributed by atoms with Gasteiger partial charge in [0.1, 0.15) is 54.4 Å². The Balaban J connectivity index is 7.61. The third kappa shape index (κ3) is 42.2. The highest BCUT2D eigenvalue weighted by atomic mass is 16.2. The highest BCUT2D eigenvalue weighted by Crippen LogP contribution is 2.13. The highest BCUT2D eigenvalue weighted by molar-refractivity contribution is 5.99. The number of carbonyl (C=O) groups is 11. The molecule has 0 heterocycles. The molecule has 0 bridgehead atoms. The smallest absolute Gasteiger partial charge is 0.243 e. The van der Waals surface area contributed by atoms with E-state index in [0.717, 1.165) is 0 Å². The number of primary amides is 2. The van der Waals surface area contributed by atoms with Crippen molar-refractivity contribution in [1.29, 1.82) is 0 Å². The molecule has 98 heavy (non-hydrogen) atoms. The summed E-state index contributed by atoms with van der Waals surface area (Å²) >= 11 is 0. The maximum absolute atomic E-state index is 14.7. The van der Waals surface area contributed by atoms with Crippen molar-refractivity contribution in [3.05, 3.63) is 0 Å². The predicted octanol–water partition coefficient (Wildman–Crippen LogP) is -12.4. The zero-order valence-corrected chi connectivity index (χ0v) is 55.7. The number of nitrogens with one attached hydrogen (secondary N) is 9. The summed E-state index contributed by atoms with van der Waals surface area (Å²) in [4.78, 5) is 176. The second kappa shape index (κ2) is 51.0. The van der Waals surface area contributed by atoms with Crippen molar-refractivity contribution in [3.8, 4) is 0 Å². The summed E-state index contributed by atoms with van der Waals surface area (Å²) in [5.74, 6) is -11.5. The molecule has 11 amide bonds. The van der Waals surface area contributed by atoms with Crippen LogP contribution in [0.4, 0.5) is 0 Å². The second-order valence-corrected chi connectivity index (χ2v) is 22.5. The third-order valence-electron chi connectivity index (χ3n) is 14.2. The maximum Gasteiger partial charge on any atom is 0.243 e. The topological polar surface area (TPSA) is 813 Å². The van der Waals surface area contributed by atoms with Crippen LogP contribution < -0.4 is 145 Å². The lowest BCUT2D eigenvalue weighted by atomic mass is 10.0. The number of guanidine groups is 6. The van der Waals surface area contributed by atoms with Gasteiger partial charge in [-0.3, -0.25) is 82.7 Å². The van der Waals surface area contributed by atoms with Crippen molar-refractivity contribution in [2.24, 2.45) is 127 Å². The van der Waals surface area contributed by atoms with Crippen LogP contribution in [-0.2, 0) is 52.7 Å². The van der Waals surface area contributed by atoms with Crippen LogP contribution in [0, 0.1) is 0 Å². The van der Waals surface area contributed by atoms with Gasteiger partial charge in [0.05, 0.1) is 6.54 Å². The van der Waals surface area contributed by atoms with Gasteiger partial charge in [-0.1, -0.05) is 0 Å². The van der Waals surface area contributed by atoms with Gasteiger partial charge in [0.15, 0.2) is 35.8 Å². The molecule has 0 aromatic heterocycles. The van der Waals surface area contributed by atoms with Gasteiger partial charge in [-0.05, 0) is 135 Å². The van der Waals surface area contributed by atoms with Crippen LogP contribution in [0.3, 0.4) is 0 Å². The summed E-state index contributed by atoms with van der Waals surface area (Å²) < 4.78 is 0. The van der Waals surface area contributed by atoms with E-state index in [4.69, 9.17) is 97.5 Å². The first-order valence-corrected chi connectivity index (χ1v) is 32.1. The lowest BCUT2D eigenvalue weighted by Crippen LogP contribution is -2.60. The molecule has 0 aliphatic rings. The van der Waals surface area contributed by atoms with Crippen molar-refractivity contribution < 1.29 is 52.7 Å². The standard InChI is InChI=1S/C55H110N32O11/c56-21-3-1-11-32(81-42(91)31(79-40(89)29-58)14-6-24-74-51(63)64)44(93)82-33(12-2-4-22-57)45(94)83-35(16-8-26-76-53(67)68)46(95)84-36(17-9-27-77-54(69)70)47(96)85-37(18-10-28-78-55(71)72)48(97)87-38(19-20-39(59)88)49(98)86-34(15-7-25-75-52(65)66)43(92)80-30(41(60)90)13-5-23-73-50(61)62/h30-38H,1-29,56-58H2,(H2,59,88)(H2,60,90)(H,79,89)(H,80,92)(H,81,91)(H,82,93)(H,83,94)(H,84,95)(H,85,96)(H,86,98)(H,87,97)(H4,61,62,73)(H4,63,64,74)(H4,65,66,75)(H4,67,68,76)(H4,69,70,77)(H4,71,72,78)/t30-,31-,32-,33-,34-,35-,36-,37-,38-/m0/s1. The Bertz CT molecular complexity index is 2710. The average Bonchev–Trinajstić information content (AvgIpc) is 0.911. The summed E-state index contributed by atoms with van der Waals surface area (Å²) in [6, 6.07) is -12.9. The molecular formula is C55H110N32O11. The Morgan fingerprint density at radius 2 is 0.439 bits per heavy atom. The van der Waals surface area contributed by atoms with E-state index in [1.54, 1.807) is 0 Å². The van der Waals surface area contributed by atoms with Crippen molar-refractivity contribution in [2.75, 3.05) is 58.9 Å². The van der Waals surface area contributed by atoms with E-state index in [9.17, 15) is 52.7 Å². The third-order valence-corrected chi connectivity index (χ3v) is 14.2. The molecule has 0 aliphatic heterocycles. The van der Waals surface area contributed by atoms with Gasteiger partial charge < -0.3 is 145 Å². The number of unbranched alkanes of at least 4 members (excludes halogenated alkanes) is 2. The fourth-order valence-corrected chi connectivity index (χ4v) is 9.16. The molecule has 0 spiro atoms. The molecule has 0 radical (unpaired) electrons. The van der Waals surface area contributed by atoms with Gasteiger partial charge in [0, 0.05) is 45.7 Å². The Morgan fingerprint density at radius 1 is 0.245 bits per heavy atom. The summed E-state index contributed by atoms with van der Waals surface area (Å²) in [7, 11) is 0. The van der Waals surface area contributed by atoms with Gasteiger partial charge in [-0.25, -0.2) is 0 Å². The minimum Gasteiger partial charge on any atom is -0.370 e. The van der Waals surface area contributed by atoms with E-state index in [-0.39, 0.29) is 184 Å². The van der Waals surface area contributed by atoms with Crippen LogP contribution in [0.5, 0.6) is 0 Å². The molecule has 0 saturated heterocycles. The average molecular weight is 1400 g/mol. The maximum atomic E-state index is 14.7. The first kappa shape index (κ1) is 87.7. The lowest BCUT2D eigenvalue weighted by Gasteiger charge is -2.28. The van der Waals surface area contributed by atoms with E-state index in [0.29, 0.717) is 19.3 Å². The van der Waals surface area contributed by atoms with E-state index in [2.05, 4.69) is 77.8 Å². The molecule has 43 nitrogen and oxygen atoms in total. The number of amides is 11. The molecule has 0 saturated carbocycles. The fraction of sp³-hybridized carbons (Fsp3) is 0.691. The molecule has 0 aliphatic carbocycles. The number of rotatable bonds is 54. The van der Waals surface area contributed by atoms with Gasteiger partial charge in [-0.15, -0.1) is 0 Å². The summed E-state index contributed by atoms with van der Waals surface area (Å²) in [5, 5.41) is 23.4. The summed E-state index contributed by atoms with van der Waals surface area (Å²) in [6.45, 7) is -0.0584. The van der Waals surface area contributed by atoms with Crippen LogP contribution in [0.15, 0.2) is 30.0 Å². The van der Waals surface area contributed by atoms with Crippen LogP contribution in [0.1, 0.15) is 128 Å². The number of hydrogen-bond donors (Lipinski definition) is 26. The predicted molar refractivity (Wildman–Crippen MR) is 369 cm³/mol. The fourth-order valence-electron chi connectivity index (χ4n) is 9.16. The van der Waals surface area contributed by atoms with Gasteiger partial charge >= 0.3 is 0 Å². The number of aliphatic imine (C=N–C) groups is 6. The van der Waals surface area contributed by atoms with E-state index in [1.807, 2.05) is 0 Å². The van der Waals surface area contributed by atoms with Crippen molar-refractivity contribution in [3.63, 3.8) is 0 Å². The van der Waals surface area contributed by atoms with Gasteiger partial charge in [0.25, 0.3) is 0 Å². The molecule has 43 heteroatoms. The molecule has 0 unspecified atom stereocenters. The first-order chi connectivity index (χ1) is 46.3. The largest absolute Gasteiger partial charge is 0.370 e. The second-order valence-electron chi connectivity index (χ2n) is 22.5. The zero-order valence-electron chi connectivity index (χ0n) is 55.7. The molecular weight excluding hydrogens is 1280 g/mol. The lowest BCUT2D eigenvalue weighted by molar-refractivity contribution is -0.136. The van der Waals surface area contributed by atoms with E-state index in [1.165, 1.54) is 0 Å². The van der Waals surface area contributed by atoms with Crippen molar-refractivity contribution in [1.82, 2.24) is 47.9 Å². The number of carbonyl (C=O) groups excluding carboxylic acids is 11. The molecule has 556 valence electrons. The molecule has 0 rings (SSSR count). The summed E-state index contributed by atoms with van der Waals surface area (Å²) in [5.41, 5.74) is 94.4. The minimum atomic E-state index is -1.66. The monoisotopic (exact) mass is 1390 g/mol. The van der Waals surface area contributed by atoms with E-state index < -0.39 is 139 Å². The Morgan fingerprint density at radius 3 is 0.633 bits per heavy atom. The SMILES string of the molecule is NCCCC[C@H](NC(=O)[C@H](CCCN=C(N)N)NC(=O)CN)C(=O)N[C@@H](CCCCN)C(=O)N[C@@H](CCCN=C(N)N)C(=O)N[C@@H](CCCN=C(N)N)C(=O)N[C@@H](CCCN=C(N)N)C(=O)N[C@@H](CCC(N)=O)C(=O)N[C@@H](CCCN=C(N)N)C(=O)N[C@@H](CCCN=C(N)N)C(N)=O. The van der Waals surface area contributed by atoms with Crippen LogP contribution in [0.2, 0.25) is 0 Å². The van der Waals surface area contributed by atoms with Gasteiger partial charge in [0.2, 0.25) is 65.0 Å². The van der Waals surface area contributed by atoms with Crippen LogP contribution in [0.25, 0.3) is 0 Å². The Labute approximate surface area is 568 Å². The molecule has 9 atom stereocenters. The van der Waals surface area contributed by atoms with Crippen LogP contribution >= 0.6 is 0 Å². The first-order valence-electron chi connectivity index (χ1n) is 32.1. The molecule has 43 N–H and O–H groups in total. The van der Waals surface area contributed by atoms with Crippen LogP contribution in [-0.4, -0.2) is 214 Å². The van der Waals surface area contributed by atoms with Crippen molar-refractivity contribution >= 4 is 101 Å². The molecule has 0 aromatic carbocycles. The number of nitrogens with zero attached hydrogens (tertiary/aromatic N) is 6. The number of nitrogens with two attached hydrogens (primary N) is 17. The Hall–Kier alpha value is -10.3. The minimum absolute atomic E-state index is 0.00397. The van der Waals surface area contributed by atoms with Gasteiger partial charge in [-0.2, -0.15) is 0 Å². The number of hydrogen-bond acceptors (Lipinski definition) is 20. The van der Waals surface area contributed by atoms with E-state index >= 15 is 0 Å². The zero-order chi connectivity index (χ0) is 74.1. The quantitative estimate of drug-likeness (QED) is 0.0153. The molecule has 0 fully saturated rings. The Kier molecular flexibility index (Phi) is 45.6. The molecule has 0 aromatic rings. The normalized spacial score (nSPS) is 13.5. The summed E-state index contributed by atoms with van der Waals surface area (Å²) in [6.07, 6.45) is 0.259.